The van der Waals surface area contributed by atoms with Gasteiger partial charge in [-0.2, -0.15) is 0 Å². The van der Waals surface area contributed by atoms with Gasteiger partial charge in [0.05, 0.1) is 12.2 Å². The van der Waals surface area contributed by atoms with Crippen LogP contribution < -0.4 is 5.32 Å². The van der Waals surface area contributed by atoms with E-state index in [4.69, 9.17) is 5.11 Å². The zero-order valence-corrected chi connectivity index (χ0v) is 11.0. The molecular weight excluding hydrogens is 226 g/mol. The van der Waals surface area contributed by atoms with Crippen LogP contribution in [-0.2, 0) is 9.59 Å². The molecule has 0 radical (unpaired) electrons. The smallest absolute Gasteiger partial charge is 0.304 e. The van der Waals surface area contributed by atoms with Gasteiger partial charge in [0.1, 0.15) is 0 Å². The maximum atomic E-state index is 11.5. The Balaban J connectivity index is 3.76. The van der Waals surface area contributed by atoms with Gasteiger partial charge in [-0.3, -0.25) is 9.59 Å². The summed E-state index contributed by atoms with van der Waals surface area (Å²) in [5.41, 5.74) is 0. The predicted molar refractivity (Wildman–Crippen MR) is 66.7 cm³/mol. The van der Waals surface area contributed by atoms with Crippen LogP contribution in [0.4, 0.5) is 0 Å². The number of amides is 1. The predicted octanol–water partition coefficient (Wildman–Crippen LogP) is 1.89. The molecule has 0 aliphatic rings. The number of carboxylic acids is 1. The van der Waals surface area contributed by atoms with E-state index in [0.717, 1.165) is 12.8 Å². The van der Waals surface area contributed by atoms with Crippen molar-refractivity contribution in [2.45, 2.75) is 51.3 Å². The minimum atomic E-state index is -0.819. The van der Waals surface area contributed by atoms with Crippen molar-refractivity contribution in [3.8, 4) is 0 Å². The van der Waals surface area contributed by atoms with Crippen molar-refractivity contribution in [1.82, 2.24) is 5.32 Å². The fourth-order valence-electron chi connectivity index (χ4n) is 1.28. The van der Waals surface area contributed by atoms with Crippen molar-refractivity contribution in [1.29, 1.82) is 0 Å². The van der Waals surface area contributed by atoms with Crippen LogP contribution in [0.2, 0.25) is 0 Å². The van der Waals surface area contributed by atoms with Crippen LogP contribution in [0.5, 0.6) is 0 Å². The Hall–Kier alpha value is -0.710. The highest BCUT2D eigenvalue weighted by atomic mass is 32.2. The van der Waals surface area contributed by atoms with E-state index in [1.54, 1.807) is 0 Å². The molecule has 1 unspecified atom stereocenters. The highest BCUT2D eigenvalue weighted by Gasteiger charge is 2.12. The van der Waals surface area contributed by atoms with E-state index in [0.29, 0.717) is 5.75 Å². The molecule has 5 heteroatoms. The third kappa shape index (κ3) is 7.56. The topological polar surface area (TPSA) is 66.4 Å². The van der Waals surface area contributed by atoms with Crippen LogP contribution in [0.15, 0.2) is 0 Å². The monoisotopic (exact) mass is 247 g/mol. The fraction of sp³-hybridized carbons (Fsp3) is 0.818. The molecule has 4 nitrogen and oxygen atoms in total. The molecule has 0 rings (SSSR count). The van der Waals surface area contributed by atoms with Crippen molar-refractivity contribution in [2.75, 3.05) is 5.75 Å². The lowest BCUT2D eigenvalue weighted by Crippen LogP contribution is -2.35. The standard InChI is InChI=1S/C11H21NO3S/c1-4-9(5-2)12-10(13)7-16-8(3)6-11(14)15/h8-9H,4-7H2,1-3H3,(H,12,13)(H,14,15). The molecule has 0 aromatic heterocycles. The molecule has 0 fully saturated rings. The summed E-state index contributed by atoms with van der Waals surface area (Å²) >= 11 is 1.38. The third-order valence-electron chi connectivity index (χ3n) is 2.31. The summed E-state index contributed by atoms with van der Waals surface area (Å²) in [5, 5.41) is 11.5. The second-order valence-corrected chi connectivity index (χ2v) is 5.23. The Bertz CT molecular complexity index is 229. The van der Waals surface area contributed by atoms with Crippen LogP contribution in [0.3, 0.4) is 0 Å². The molecule has 2 N–H and O–H groups in total. The third-order valence-corrected chi connectivity index (χ3v) is 3.48. The minimum absolute atomic E-state index is 0.00376. The maximum absolute atomic E-state index is 11.5. The van der Waals surface area contributed by atoms with Gasteiger partial charge in [-0.05, 0) is 12.8 Å². The minimum Gasteiger partial charge on any atom is -0.481 e. The Morgan fingerprint density at radius 1 is 1.31 bits per heavy atom. The van der Waals surface area contributed by atoms with Crippen molar-refractivity contribution < 1.29 is 14.7 Å². The fourth-order valence-corrected chi connectivity index (χ4v) is 2.06. The van der Waals surface area contributed by atoms with Gasteiger partial charge in [-0.15, -0.1) is 11.8 Å². The number of carbonyl (C=O) groups is 2. The average Bonchev–Trinajstić information content (AvgIpc) is 2.22. The Morgan fingerprint density at radius 3 is 2.31 bits per heavy atom. The first-order chi connectivity index (χ1) is 7.49. The van der Waals surface area contributed by atoms with E-state index in [9.17, 15) is 9.59 Å². The van der Waals surface area contributed by atoms with E-state index >= 15 is 0 Å². The average molecular weight is 247 g/mol. The van der Waals surface area contributed by atoms with Crippen molar-refractivity contribution in [3.63, 3.8) is 0 Å². The molecule has 0 saturated carbocycles. The van der Waals surface area contributed by atoms with Gasteiger partial charge in [0.2, 0.25) is 5.91 Å². The van der Waals surface area contributed by atoms with Gasteiger partial charge in [0, 0.05) is 11.3 Å². The Morgan fingerprint density at radius 2 is 1.88 bits per heavy atom. The SMILES string of the molecule is CCC(CC)NC(=O)CSC(C)CC(=O)O. The second kappa shape index (κ2) is 8.44. The summed E-state index contributed by atoms with van der Waals surface area (Å²) in [5.74, 6) is -0.485. The summed E-state index contributed by atoms with van der Waals surface area (Å²) in [4.78, 5) is 21.9. The van der Waals surface area contributed by atoms with E-state index in [1.807, 2.05) is 20.8 Å². The number of hydrogen-bond donors (Lipinski definition) is 2. The summed E-state index contributed by atoms with van der Waals surface area (Å²) < 4.78 is 0. The summed E-state index contributed by atoms with van der Waals surface area (Å²) in [7, 11) is 0. The molecule has 1 atom stereocenters. The van der Waals surface area contributed by atoms with Gasteiger partial charge in [-0.1, -0.05) is 20.8 Å². The van der Waals surface area contributed by atoms with Crippen molar-refractivity contribution in [3.05, 3.63) is 0 Å². The number of carbonyl (C=O) groups excluding carboxylic acids is 1. The Labute approximate surface area is 101 Å². The second-order valence-electron chi connectivity index (χ2n) is 3.80. The lowest BCUT2D eigenvalue weighted by atomic mass is 10.2. The number of carboxylic acid groups (broad SMARTS) is 1. The lowest BCUT2D eigenvalue weighted by Gasteiger charge is -2.15. The molecule has 94 valence electrons. The number of thioether (sulfide) groups is 1. The molecular formula is C11H21NO3S. The van der Waals surface area contributed by atoms with E-state index in [2.05, 4.69) is 5.32 Å². The highest BCUT2D eigenvalue weighted by molar-refractivity contribution is 8.00. The van der Waals surface area contributed by atoms with Gasteiger partial charge >= 0.3 is 5.97 Å². The van der Waals surface area contributed by atoms with E-state index in [-0.39, 0.29) is 23.6 Å². The van der Waals surface area contributed by atoms with Crippen LogP contribution in [0.1, 0.15) is 40.0 Å². The Kier molecular flexibility index (Phi) is 8.07. The van der Waals surface area contributed by atoms with Crippen LogP contribution in [0, 0.1) is 0 Å². The first-order valence-corrected chi connectivity index (χ1v) is 6.67. The highest BCUT2D eigenvalue weighted by Crippen LogP contribution is 2.13. The van der Waals surface area contributed by atoms with E-state index < -0.39 is 5.97 Å². The van der Waals surface area contributed by atoms with E-state index in [1.165, 1.54) is 11.8 Å². The number of aliphatic carboxylic acids is 1. The van der Waals surface area contributed by atoms with Crippen LogP contribution in [-0.4, -0.2) is 34.0 Å². The molecule has 0 aliphatic carbocycles. The zero-order chi connectivity index (χ0) is 12.6. The van der Waals surface area contributed by atoms with Gasteiger partial charge < -0.3 is 10.4 Å². The molecule has 0 spiro atoms. The summed E-state index contributed by atoms with van der Waals surface area (Å²) in [6, 6.07) is 0.239. The maximum Gasteiger partial charge on any atom is 0.304 e. The largest absolute Gasteiger partial charge is 0.481 e. The molecule has 0 aromatic rings. The van der Waals surface area contributed by atoms with Crippen LogP contribution >= 0.6 is 11.8 Å². The molecule has 0 aliphatic heterocycles. The number of nitrogens with one attached hydrogen (secondary N) is 1. The first kappa shape index (κ1) is 15.3. The lowest BCUT2D eigenvalue weighted by molar-refractivity contribution is -0.136. The molecule has 16 heavy (non-hydrogen) atoms. The molecule has 0 saturated heterocycles. The summed E-state index contributed by atoms with van der Waals surface area (Å²) in [6.07, 6.45) is 1.96. The quantitative estimate of drug-likeness (QED) is 0.687. The number of hydrogen-bond acceptors (Lipinski definition) is 3. The normalized spacial score (nSPS) is 12.5. The molecule has 0 heterocycles. The van der Waals surface area contributed by atoms with Gasteiger partial charge in [0.25, 0.3) is 0 Å². The molecule has 0 aromatic carbocycles. The van der Waals surface area contributed by atoms with Crippen molar-refractivity contribution in [2.24, 2.45) is 0 Å². The van der Waals surface area contributed by atoms with Crippen LogP contribution in [0.25, 0.3) is 0 Å². The molecule has 1 amide bonds. The van der Waals surface area contributed by atoms with Gasteiger partial charge in [0.15, 0.2) is 0 Å². The van der Waals surface area contributed by atoms with Crippen molar-refractivity contribution >= 4 is 23.6 Å². The summed E-state index contributed by atoms with van der Waals surface area (Å²) in [6.45, 7) is 5.90. The zero-order valence-electron chi connectivity index (χ0n) is 10.2. The van der Waals surface area contributed by atoms with Gasteiger partial charge in [-0.25, -0.2) is 0 Å². The number of rotatable bonds is 8. The molecule has 0 bridgehead atoms. The first-order valence-electron chi connectivity index (χ1n) is 5.62.